The number of anilines is 2. The first-order valence-corrected chi connectivity index (χ1v) is 10.3. The number of urea groups is 1. The van der Waals surface area contributed by atoms with Crippen molar-refractivity contribution in [3.63, 3.8) is 0 Å². The Bertz CT molecular complexity index is 1130. The number of thiazole rings is 1. The third-order valence-corrected chi connectivity index (χ3v) is 5.79. The maximum Gasteiger partial charge on any atom is 0.323 e. The minimum Gasteiger partial charge on any atom is -0.345 e. The standard InChI is InChI=1S/C20H19N7OS/c28-19(23-17-6-7-18-21-8-9-27(18)24-17)25-10-12-26(13-11-25)20-22-16(14-29-20)15-4-2-1-3-5-15/h1-9,14H,10-13H2,(H,23,24,28). The monoisotopic (exact) mass is 405 g/mol. The van der Waals surface area contributed by atoms with Crippen molar-refractivity contribution in [1.29, 1.82) is 0 Å². The van der Waals surface area contributed by atoms with Gasteiger partial charge in [-0.25, -0.2) is 19.3 Å². The van der Waals surface area contributed by atoms with Crippen LogP contribution in [0, 0.1) is 0 Å². The Morgan fingerprint density at radius 2 is 1.86 bits per heavy atom. The number of piperazine rings is 1. The summed E-state index contributed by atoms with van der Waals surface area (Å²) in [6.45, 7) is 2.78. The number of imidazole rings is 1. The van der Waals surface area contributed by atoms with Crippen molar-refractivity contribution < 1.29 is 4.79 Å². The number of carbonyl (C=O) groups excluding carboxylic acids is 1. The molecule has 146 valence electrons. The number of hydrogen-bond acceptors (Lipinski definition) is 6. The van der Waals surface area contributed by atoms with Gasteiger partial charge in [-0.3, -0.25) is 5.32 Å². The summed E-state index contributed by atoms with van der Waals surface area (Å²) in [6.07, 6.45) is 3.43. The molecule has 0 radical (unpaired) electrons. The third-order valence-electron chi connectivity index (χ3n) is 4.89. The minimum atomic E-state index is -0.138. The highest BCUT2D eigenvalue weighted by molar-refractivity contribution is 7.14. The van der Waals surface area contributed by atoms with Gasteiger partial charge in [0.25, 0.3) is 0 Å². The molecule has 1 aromatic carbocycles. The second kappa shape index (κ2) is 7.51. The molecule has 1 saturated heterocycles. The highest BCUT2D eigenvalue weighted by atomic mass is 32.1. The van der Waals surface area contributed by atoms with Crippen LogP contribution >= 0.6 is 11.3 Å². The summed E-state index contributed by atoms with van der Waals surface area (Å²) in [7, 11) is 0. The number of hydrogen-bond donors (Lipinski definition) is 1. The molecule has 1 aliphatic rings. The van der Waals surface area contributed by atoms with E-state index in [1.807, 2.05) is 29.2 Å². The summed E-state index contributed by atoms with van der Waals surface area (Å²) in [5, 5.41) is 10.3. The van der Waals surface area contributed by atoms with Gasteiger partial charge in [-0.2, -0.15) is 0 Å². The summed E-state index contributed by atoms with van der Waals surface area (Å²) in [5.41, 5.74) is 2.86. The zero-order valence-electron chi connectivity index (χ0n) is 15.6. The quantitative estimate of drug-likeness (QED) is 0.566. The van der Waals surface area contributed by atoms with Crippen LogP contribution in [0.15, 0.2) is 60.2 Å². The fourth-order valence-corrected chi connectivity index (χ4v) is 4.21. The molecule has 3 aromatic heterocycles. The lowest BCUT2D eigenvalue weighted by Gasteiger charge is -2.34. The Morgan fingerprint density at radius 1 is 1.03 bits per heavy atom. The van der Waals surface area contributed by atoms with Gasteiger partial charge in [-0.15, -0.1) is 16.4 Å². The van der Waals surface area contributed by atoms with Crippen LogP contribution in [-0.2, 0) is 0 Å². The summed E-state index contributed by atoms with van der Waals surface area (Å²) >= 11 is 1.64. The number of benzene rings is 1. The second-order valence-electron chi connectivity index (χ2n) is 6.73. The van der Waals surface area contributed by atoms with Gasteiger partial charge >= 0.3 is 6.03 Å². The van der Waals surface area contributed by atoms with Gasteiger partial charge in [-0.1, -0.05) is 30.3 Å². The van der Waals surface area contributed by atoms with Crippen LogP contribution in [0.3, 0.4) is 0 Å². The molecule has 0 aliphatic carbocycles. The summed E-state index contributed by atoms with van der Waals surface area (Å²) in [5.74, 6) is 0.510. The van der Waals surface area contributed by atoms with Crippen molar-refractivity contribution in [2.75, 3.05) is 36.4 Å². The number of fused-ring (bicyclic) bond motifs is 1. The molecule has 0 saturated carbocycles. The molecule has 0 atom stereocenters. The predicted molar refractivity (Wildman–Crippen MR) is 113 cm³/mol. The predicted octanol–water partition coefficient (Wildman–Crippen LogP) is 3.21. The fraction of sp³-hybridized carbons (Fsp3) is 0.200. The average molecular weight is 405 g/mol. The summed E-state index contributed by atoms with van der Waals surface area (Å²) < 4.78 is 1.64. The summed E-state index contributed by atoms with van der Waals surface area (Å²) in [4.78, 5) is 25.6. The molecule has 1 N–H and O–H groups in total. The molecule has 8 nitrogen and oxygen atoms in total. The normalized spacial score (nSPS) is 14.3. The lowest BCUT2D eigenvalue weighted by atomic mass is 10.2. The molecule has 1 fully saturated rings. The van der Waals surface area contributed by atoms with Crippen LogP contribution in [0.25, 0.3) is 16.9 Å². The van der Waals surface area contributed by atoms with E-state index in [9.17, 15) is 4.79 Å². The molecular formula is C20H19N7OS. The van der Waals surface area contributed by atoms with E-state index >= 15 is 0 Å². The topological polar surface area (TPSA) is 78.7 Å². The Morgan fingerprint density at radius 3 is 2.69 bits per heavy atom. The zero-order chi connectivity index (χ0) is 19.6. The van der Waals surface area contributed by atoms with E-state index < -0.39 is 0 Å². The van der Waals surface area contributed by atoms with Crippen LogP contribution in [-0.4, -0.2) is 56.7 Å². The van der Waals surface area contributed by atoms with Gasteiger partial charge in [0.15, 0.2) is 16.6 Å². The van der Waals surface area contributed by atoms with E-state index in [1.54, 1.807) is 34.3 Å². The fourth-order valence-electron chi connectivity index (χ4n) is 3.32. The van der Waals surface area contributed by atoms with Crippen LogP contribution in [0.1, 0.15) is 0 Å². The van der Waals surface area contributed by atoms with Gasteiger partial charge in [0.1, 0.15) is 0 Å². The Labute approximate surface area is 171 Å². The lowest BCUT2D eigenvalue weighted by molar-refractivity contribution is 0.208. The number of rotatable bonds is 3. The highest BCUT2D eigenvalue weighted by Gasteiger charge is 2.23. The van der Waals surface area contributed by atoms with E-state index in [-0.39, 0.29) is 6.03 Å². The lowest BCUT2D eigenvalue weighted by Crippen LogP contribution is -2.50. The van der Waals surface area contributed by atoms with Gasteiger partial charge in [-0.05, 0) is 12.1 Å². The molecule has 0 unspecified atom stereocenters. The van der Waals surface area contributed by atoms with E-state index in [1.165, 1.54) is 0 Å². The molecule has 4 heterocycles. The molecule has 0 bridgehead atoms. The van der Waals surface area contributed by atoms with Gasteiger partial charge in [0.2, 0.25) is 0 Å². The van der Waals surface area contributed by atoms with E-state index in [2.05, 4.69) is 37.8 Å². The number of nitrogens with one attached hydrogen (secondary N) is 1. The first-order chi connectivity index (χ1) is 14.3. The van der Waals surface area contributed by atoms with Crippen molar-refractivity contribution in [2.45, 2.75) is 0 Å². The number of aromatic nitrogens is 4. The maximum absolute atomic E-state index is 12.6. The van der Waals surface area contributed by atoms with Crippen LogP contribution in [0.2, 0.25) is 0 Å². The molecular weight excluding hydrogens is 386 g/mol. The highest BCUT2D eigenvalue weighted by Crippen LogP contribution is 2.28. The van der Waals surface area contributed by atoms with E-state index in [4.69, 9.17) is 4.98 Å². The molecule has 5 rings (SSSR count). The maximum atomic E-state index is 12.6. The Balaban J connectivity index is 1.20. The molecule has 4 aromatic rings. The first-order valence-electron chi connectivity index (χ1n) is 9.38. The van der Waals surface area contributed by atoms with Gasteiger partial charge in [0.05, 0.1) is 5.69 Å². The number of amides is 2. The van der Waals surface area contributed by atoms with E-state index in [0.29, 0.717) is 18.9 Å². The van der Waals surface area contributed by atoms with Gasteiger partial charge in [0, 0.05) is 49.5 Å². The minimum absolute atomic E-state index is 0.138. The smallest absolute Gasteiger partial charge is 0.323 e. The SMILES string of the molecule is O=C(Nc1ccc2nccn2n1)N1CCN(c2nc(-c3ccccc3)cs2)CC1. The molecule has 2 amide bonds. The number of nitrogens with zero attached hydrogens (tertiary/aromatic N) is 6. The third kappa shape index (κ3) is 3.64. The number of carbonyl (C=O) groups is 1. The Kier molecular flexibility index (Phi) is 4.57. The van der Waals surface area contributed by atoms with Crippen molar-refractivity contribution in [3.05, 3.63) is 60.2 Å². The Hall–Kier alpha value is -3.46. The van der Waals surface area contributed by atoms with Gasteiger partial charge < -0.3 is 9.80 Å². The molecule has 9 heteroatoms. The second-order valence-corrected chi connectivity index (χ2v) is 7.57. The first kappa shape index (κ1) is 17.6. The largest absolute Gasteiger partial charge is 0.345 e. The zero-order valence-corrected chi connectivity index (χ0v) is 16.4. The van der Waals surface area contributed by atoms with Crippen LogP contribution < -0.4 is 10.2 Å². The average Bonchev–Trinajstić information content (AvgIpc) is 3.44. The van der Waals surface area contributed by atoms with Crippen molar-refractivity contribution in [3.8, 4) is 11.3 Å². The molecule has 1 aliphatic heterocycles. The van der Waals surface area contributed by atoms with Crippen LogP contribution in [0.4, 0.5) is 15.7 Å². The molecule has 29 heavy (non-hydrogen) atoms. The molecule has 0 spiro atoms. The van der Waals surface area contributed by atoms with Crippen molar-refractivity contribution in [2.24, 2.45) is 0 Å². The summed E-state index contributed by atoms with van der Waals surface area (Å²) in [6, 6.07) is 13.6. The van der Waals surface area contributed by atoms with E-state index in [0.717, 1.165) is 35.1 Å². The van der Waals surface area contributed by atoms with Crippen LogP contribution in [0.5, 0.6) is 0 Å². The van der Waals surface area contributed by atoms with Crippen molar-refractivity contribution in [1.82, 2.24) is 24.5 Å². The van der Waals surface area contributed by atoms with Crippen molar-refractivity contribution >= 4 is 34.0 Å².